The lowest BCUT2D eigenvalue weighted by Crippen LogP contribution is -2.44. The maximum Gasteiger partial charge on any atom is 0.469 e. The Kier molecular flexibility index (Phi) is 13.7. The van der Waals surface area contributed by atoms with E-state index in [1.807, 2.05) is 0 Å². The van der Waals surface area contributed by atoms with Crippen molar-refractivity contribution in [3.63, 3.8) is 0 Å². The molecule has 0 atom stereocenters. The molecule has 14 rings (SSSR count). The van der Waals surface area contributed by atoms with Gasteiger partial charge in [0.25, 0.3) is 0 Å². The number of rotatable bonds is 12. The van der Waals surface area contributed by atoms with Gasteiger partial charge in [-0.1, -0.05) is 193 Å². The molecule has 0 amide bonds. The van der Waals surface area contributed by atoms with E-state index in [1.54, 1.807) is 70.6 Å². The first-order valence-electron chi connectivity index (χ1n) is 26.3. The third-order valence-corrected chi connectivity index (χ3v) is 21.6. The molecular weight excluding hydrogens is 1160 g/mol. The van der Waals surface area contributed by atoms with Gasteiger partial charge in [-0.3, -0.25) is 0 Å². The Hall–Kier alpha value is -6.36. The fourth-order valence-electron chi connectivity index (χ4n) is 10.3. The quantitative estimate of drug-likeness (QED) is 0.114. The third kappa shape index (κ3) is 9.63. The molecule has 3 aliphatic heterocycles. The standard InChI is InChI=1S/C66H48BBrN6S6/c1-37-7-19-43(20-8-37)75-49-31-32-50(76-44-21-9-38(2)10-22-44)56-55(49)61-69-62(56)71-64-58-52(78-46-25-13-40(4)14-26-46)34-36-54(80-48-29-17-42(6)18-30-48)60(58)66-72-65-59-53(79-47-27-15-41(5)16-28-47)35-33-51(77-45-23-11-39(3)12-24-45)57(59)63(70-61)73(65)67(68)74(64)66/h7-36H,1-6H3. The average Bonchev–Trinajstić information content (AvgIpc) is 4.13. The van der Waals surface area contributed by atoms with Crippen LogP contribution in [-0.4, -0.2) is 26.4 Å². The first-order chi connectivity index (χ1) is 39.0. The van der Waals surface area contributed by atoms with Crippen molar-refractivity contribution in [2.24, 2.45) is 20.0 Å². The number of hydrogen-bond acceptors (Lipinski definition) is 10. The zero-order valence-electron chi connectivity index (χ0n) is 44.4. The Bertz CT molecular complexity index is 4520. The SMILES string of the molecule is Cc1ccc(Sc2ccc(Sc3ccc(C)cc3)c3c2C2=NC3=Nc3c4c(Sc5ccc(C)cc5)ccc(Sc5ccc(C)cc5)c4c4n3B(Br)n3c(c5c(Sc6ccc(C)cc6)ccc(Sc6ccc(C)cc6)c5c3=N4)=N2)cc1. The molecule has 0 radical (unpaired) electrons. The van der Waals surface area contributed by atoms with Crippen LogP contribution in [0, 0.1) is 41.5 Å². The average molecular weight is 1210 g/mol. The number of benzene rings is 9. The minimum atomic E-state index is -0.504. The second kappa shape index (κ2) is 21.2. The highest BCUT2D eigenvalue weighted by Gasteiger charge is 2.39. The molecule has 388 valence electrons. The Morgan fingerprint density at radius 1 is 0.287 bits per heavy atom. The molecule has 0 unspecified atom stereocenters. The van der Waals surface area contributed by atoms with Crippen molar-refractivity contribution < 1.29 is 0 Å². The number of amidine groups is 2. The summed E-state index contributed by atoms with van der Waals surface area (Å²) >= 11 is 15.0. The van der Waals surface area contributed by atoms with Crippen LogP contribution < -0.4 is 11.0 Å². The number of nitrogens with zero attached hydrogens (tertiary/aromatic N) is 6. The third-order valence-electron chi connectivity index (χ3n) is 14.4. The van der Waals surface area contributed by atoms with E-state index in [2.05, 4.69) is 248 Å². The summed E-state index contributed by atoms with van der Waals surface area (Å²) in [6.45, 7) is 12.8. The minimum absolute atomic E-state index is 0.504. The summed E-state index contributed by atoms with van der Waals surface area (Å²) in [6.07, 6.45) is 0. The molecule has 3 aliphatic rings. The number of aromatic nitrogens is 2. The summed E-state index contributed by atoms with van der Waals surface area (Å²) in [5.41, 5.74) is 10.8. The van der Waals surface area contributed by atoms with E-state index in [1.165, 1.54) is 33.4 Å². The van der Waals surface area contributed by atoms with E-state index < -0.39 is 5.81 Å². The Labute approximate surface area is 499 Å². The molecule has 80 heavy (non-hydrogen) atoms. The molecule has 0 saturated carbocycles. The molecule has 0 aliphatic carbocycles. The first-order valence-corrected chi connectivity index (χ1v) is 32.1. The predicted octanol–water partition coefficient (Wildman–Crippen LogP) is 18.9. The van der Waals surface area contributed by atoms with Crippen molar-refractivity contribution in [2.45, 2.75) is 100 Å². The zero-order valence-corrected chi connectivity index (χ0v) is 50.9. The first kappa shape index (κ1) is 51.8. The summed E-state index contributed by atoms with van der Waals surface area (Å²) < 4.78 is 4.60. The molecule has 0 N–H and O–H groups in total. The van der Waals surface area contributed by atoms with E-state index in [0.717, 1.165) is 114 Å². The molecule has 4 bridgehead atoms. The fourth-order valence-corrected chi connectivity index (χ4v) is 16.8. The van der Waals surface area contributed by atoms with Gasteiger partial charge in [0.1, 0.15) is 22.6 Å². The topological polar surface area (TPSA) is 59.3 Å². The van der Waals surface area contributed by atoms with Gasteiger partial charge in [-0.05, 0) is 151 Å². The summed E-state index contributed by atoms with van der Waals surface area (Å²) in [5.74, 6) is 2.32. The van der Waals surface area contributed by atoms with Crippen LogP contribution in [0.5, 0.6) is 0 Å². The second-order valence-electron chi connectivity index (χ2n) is 20.4. The van der Waals surface area contributed by atoms with Crippen LogP contribution in [0.15, 0.2) is 261 Å². The van der Waals surface area contributed by atoms with Crippen LogP contribution in [-0.2, 0) is 0 Å². The second-order valence-corrected chi connectivity index (χ2v) is 27.9. The van der Waals surface area contributed by atoms with Crippen LogP contribution in [0.4, 0.5) is 11.6 Å². The zero-order chi connectivity index (χ0) is 54.3. The maximum atomic E-state index is 6.02. The van der Waals surface area contributed by atoms with Crippen molar-refractivity contribution in [1.29, 1.82) is 0 Å². The number of aryl methyl sites for hydroxylation is 6. The van der Waals surface area contributed by atoms with Crippen molar-refractivity contribution in [1.82, 2.24) is 8.96 Å². The number of hydrogen-bond donors (Lipinski definition) is 0. The van der Waals surface area contributed by atoms with E-state index in [9.17, 15) is 0 Å². The molecule has 9 aromatic carbocycles. The Morgan fingerprint density at radius 2 is 0.550 bits per heavy atom. The largest absolute Gasteiger partial charge is 0.469 e. The van der Waals surface area contributed by atoms with Gasteiger partial charge in [0.05, 0.1) is 0 Å². The fraction of sp³-hybridized carbons (Fsp3) is 0.0909. The smallest absolute Gasteiger partial charge is 0.323 e. The molecule has 5 heterocycles. The van der Waals surface area contributed by atoms with Crippen LogP contribution in [0.1, 0.15) is 44.5 Å². The van der Waals surface area contributed by atoms with Crippen LogP contribution >= 0.6 is 86.3 Å². The monoisotopic (exact) mass is 1210 g/mol. The normalized spacial score (nSPS) is 13.1. The molecule has 0 spiro atoms. The summed E-state index contributed by atoms with van der Waals surface area (Å²) in [6, 6.07) is 66.5. The Balaban J connectivity index is 1.14. The van der Waals surface area contributed by atoms with Gasteiger partial charge in [-0.15, -0.1) is 0 Å². The lowest BCUT2D eigenvalue weighted by molar-refractivity contribution is 0.939. The van der Waals surface area contributed by atoms with Crippen LogP contribution in [0.2, 0.25) is 0 Å². The van der Waals surface area contributed by atoms with E-state index >= 15 is 0 Å². The number of fused-ring (bicyclic) bond motifs is 10. The molecule has 0 fully saturated rings. The van der Waals surface area contributed by atoms with Gasteiger partial charge in [0.2, 0.25) is 0 Å². The number of aliphatic imine (C=N–C) groups is 2. The maximum absolute atomic E-state index is 6.02. The van der Waals surface area contributed by atoms with Gasteiger partial charge in [0, 0.05) is 91.4 Å². The van der Waals surface area contributed by atoms with Gasteiger partial charge in [-0.25, -0.2) is 20.0 Å². The van der Waals surface area contributed by atoms with Gasteiger partial charge < -0.3 is 8.96 Å². The van der Waals surface area contributed by atoms with Gasteiger partial charge >= 0.3 is 5.81 Å². The minimum Gasteiger partial charge on any atom is -0.323 e. The van der Waals surface area contributed by atoms with E-state index in [4.69, 9.17) is 20.0 Å². The van der Waals surface area contributed by atoms with Crippen molar-refractivity contribution in [2.75, 3.05) is 0 Å². The van der Waals surface area contributed by atoms with Gasteiger partial charge in [0.15, 0.2) is 11.7 Å². The van der Waals surface area contributed by atoms with Crippen molar-refractivity contribution >= 4 is 137 Å². The summed E-state index contributed by atoms with van der Waals surface area (Å²) in [4.78, 5) is 36.9. The lowest BCUT2D eigenvalue weighted by Gasteiger charge is -2.19. The molecule has 0 saturated heterocycles. The van der Waals surface area contributed by atoms with Gasteiger partial charge in [-0.2, -0.15) is 0 Å². The molecule has 6 nitrogen and oxygen atoms in total. The van der Waals surface area contributed by atoms with E-state index in [-0.39, 0.29) is 0 Å². The highest BCUT2D eigenvalue weighted by Crippen LogP contribution is 2.52. The highest BCUT2D eigenvalue weighted by atomic mass is 79.9. The molecule has 2 aromatic heterocycles. The predicted molar refractivity (Wildman–Crippen MR) is 342 cm³/mol. The highest BCUT2D eigenvalue weighted by molar-refractivity contribution is 9.24. The molecule has 14 heteroatoms. The summed E-state index contributed by atoms with van der Waals surface area (Å²) in [7, 11) is 0. The van der Waals surface area contributed by atoms with Crippen molar-refractivity contribution in [3.8, 4) is 0 Å². The van der Waals surface area contributed by atoms with Crippen molar-refractivity contribution in [3.05, 3.63) is 237 Å². The Morgan fingerprint density at radius 3 is 0.887 bits per heavy atom. The number of halogens is 1. The van der Waals surface area contributed by atoms with Crippen LogP contribution in [0.25, 0.3) is 21.5 Å². The van der Waals surface area contributed by atoms with E-state index in [0.29, 0.717) is 11.7 Å². The van der Waals surface area contributed by atoms with Crippen LogP contribution in [0.3, 0.4) is 0 Å². The molecular formula is C66H48BBrN6S6. The molecule has 11 aromatic rings. The summed E-state index contributed by atoms with van der Waals surface area (Å²) in [5, 5.41) is 4.11. The lowest BCUT2D eigenvalue weighted by atomic mass is 10.1.